The lowest BCUT2D eigenvalue weighted by Crippen LogP contribution is -2.31. The van der Waals surface area contributed by atoms with Crippen LogP contribution in [0.1, 0.15) is 6.42 Å². The molecule has 1 saturated heterocycles. The summed E-state index contributed by atoms with van der Waals surface area (Å²) in [4.78, 5) is 11.5. The third-order valence-electron chi connectivity index (χ3n) is 3.84. The maximum atomic E-state index is 11.5. The van der Waals surface area contributed by atoms with Crippen LogP contribution in [0.4, 0.5) is 0 Å². The lowest BCUT2D eigenvalue weighted by Gasteiger charge is -2.13. The lowest BCUT2D eigenvalue weighted by atomic mass is 10.1. The highest BCUT2D eigenvalue weighted by Crippen LogP contribution is 2.24. The summed E-state index contributed by atoms with van der Waals surface area (Å²) in [6.07, 6.45) is 0.624. The topological polar surface area (TPSA) is 47.6 Å². The summed E-state index contributed by atoms with van der Waals surface area (Å²) in [5.41, 5.74) is 2.34. The predicted octanol–water partition coefficient (Wildman–Crippen LogP) is 2.64. The molecule has 0 saturated carbocycles. The number of carbonyl (C=O) groups is 1. The first-order valence-electron chi connectivity index (χ1n) is 7.39. The number of carbonyl (C=O) groups excluding carboxylic acids is 1. The average Bonchev–Trinajstić information content (AvgIpc) is 3.04. The second kappa shape index (κ2) is 6.62. The fourth-order valence-electron chi connectivity index (χ4n) is 2.66. The zero-order chi connectivity index (χ0) is 15.4. The van der Waals surface area contributed by atoms with Crippen LogP contribution >= 0.6 is 0 Å². The Morgan fingerprint density at radius 2 is 1.73 bits per heavy atom. The van der Waals surface area contributed by atoms with E-state index in [-0.39, 0.29) is 18.1 Å². The SMILES string of the molecule is COC(=O)C1CC(Oc2ccc(-c3ccccc3)cc2)CN1. The van der Waals surface area contributed by atoms with Crippen LogP contribution in [-0.2, 0) is 9.53 Å². The van der Waals surface area contributed by atoms with Gasteiger partial charge < -0.3 is 14.8 Å². The number of ether oxygens (including phenoxy) is 2. The van der Waals surface area contributed by atoms with Gasteiger partial charge in [-0.25, -0.2) is 0 Å². The van der Waals surface area contributed by atoms with Gasteiger partial charge in [0.05, 0.1) is 7.11 Å². The van der Waals surface area contributed by atoms with Gasteiger partial charge in [0.15, 0.2) is 0 Å². The first-order chi connectivity index (χ1) is 10.8. The molecule has 2 aromatic carbocycles. The molecule has 4 nitrogen and oxygen atoms in total. The second-order valence-electron chi connectivity index (χ2n) is 5.35. The van der Waals surface area contributed by atoms with Crippen molar-refractivity contribution in [2.75, 3.05) is 13.7 Å². The molecule has 4 heteroatoms. The van der Waals surface area contributed by atoms with Gasteiger partial charge in [-0.05, 0) is 23.3 Å². The minimum absolute atomic E-state index is 0.00771. The Labute approximate surface area is 130 Å². The minimum Gasteiger partial charge on any atom is -0.489 e. The number of rotatable bonds is 4. The van der Waals surface area contributed by atoms with Crippen LogP contribution in [0.5, 0.6) is 5.75 Å². The highest BCUT2D eigenvalue weighted by molar-refractivity contribution is 5.76. The first-order valence-corrected chi connectivity index (χ1v) is 7.39. The summed E-state index contributed by atoms with van der Waals surface area (Å²) in [6, 6.07) is 18.0. The van der Waals surface area contributed by atoms with Crippen molar-refractivity contribution < 1.29 is 14.3 Å². The zero-order valence-corrected chi connectivity index (χ0v) is 12.5. The highest BCUT2D eigenvalue weighted by atomic mass is 16.5. The molecule has 0 spiro atoms. The van der Waals surface area contributed by atoms with Crippen LogP contribution in [0.25, 0.3) is 11.1 Å². The van der Waals surface area contributed by atoms with Crippen LogP contribution in [-0.4, -0.2) is 31.8 Å². The molecule has 1 heterocycles. The monoisotopic (exact) mass is 297 g/mol. The van der Waals surface area contributed by atoms with E-state index in [1.165, 1.54) is 12.7 Å². The van der Waals surface area contributed by atoms with Gasteiger partial charge >= 0.3 is 5.97 Å². The molecule has 2 aromatic rings. The van der Waals surface area contributed by atoms with E-state index in [4.69, 9.17) is 9.47 Å². The summed E-state index contributed by atoms with van der Waals surface area (Å²) >= 11 is 0. The Kier molecular flexibility index (Phi) is 4.39. The molecule has 0 aromatic heterocycles. The van der Waals surface area contributed by atoms with Gasteiger partial charge in [-0.3, -0.25) is 4.79 Å². The van der Waals surface area contributed by atoms with E-state index in [2.05, 4.69) is 17.4 Å². The van der Waals surface area contributed by atoms with E-state index in [0.717, 1.165) is 11.3 Å². The molecule has 1 N–H and O–H groups in total. The summed E-state index contributed by atoms with van der Waals surface area (Å²) in [6.45, 7) is 0.653. The third-order valence-corrected chi connectivity index (χ3v) is 3.84. The molecule has 2 unspecified atom stereocenters. The van der Waals surface area contributed by atoms with Crippen molar-refractivity contribution in [2.45, 2.75) is 18.6 Å². The van der Waals surface area contributed by atoms with E-state index < -0.39 is 0 Å². The Morgan fingerprint density at radius 3 is 2.41 bits per heavy atom. The van der Waals surface area contributed by atoms with Crippen LogP contribution in [0, 0.1) is 0 Å². The van der Waals surface area contributed by atoms with Crippen molar-refractivity contribution in [1.82, 2.24) is 5.32 Å². The molecule has 3 rings (SSSR count). The summed E-state index contributed by atoms with van der Waals surface area (Å²) < 4.78 is 10.7. The average molecular weight is 297 g/mol. The Balaban J connectivity index is 1.61. The third kappa shape index (κ3) is 3.28. The summed E-state index contributed by atoms with van der Waals surface area (Å²) in [5.74, 6) is 0.586. The molecule has 0 aliphatic carbocycles. The first kappa shape index (κ1) is 14.6. The van der Waals surface area contributed by atoms with Gasteiger partial charge in [-0.1, -0.05) is 42.5 Å². The van der Waals surface area contributed by atoms with Crippen molar-refractivity contribution in [3.05, 3.63) is 54.6 Å². The van der Waals surface area contributed by atoms with Crippen LogP contribution in [0.15, 0.2) is 54.6 Å². The number of methoxy groups -OCH3 is 1. The van der Waals surface area contributed by atoms with E-state index in [1.54, 1.807) is 0 Å². The molecular weight excluding hydrogens is 278 g/mol. The van der Waals surface area contributed by atoms with Crippen molar-refractivity contribution in [2.24, 2.45) is 0 Å². The number of benzene rings is 2. The smallest absolute Gasteiger partial charge is 0.323 e. The molecular formula is C18H19NO3. The van der Waals surface area contributed by atoms with Crippen LogP contribution in [0.2, 0.25) is 0 Å². The molecule has 2 atom stereocenters. The van der Waals surface area contributed by atoms with E-state index in [1.807, 2.05) is 42.5 Å². The van der Waals surface area contributed by atoms with Crippen molar-refractivity contribution in [1.29, 1.82) is 0 Å². The Morgan fingerprint density at radius 1 is 1.05 bits per heavy atom. The molecule has 0 amide bonds. The van der Waals surface area contributed by atoms with E-state index in [9.17, 15) is 4.79 Å². The van der Waals surface area contributed by atoms with Gasteiger partial charge in [0.2, 0.25) is 0 Å². The number of nitrogens with one attached hydrogen (secondary N) is 1. The van der Waals surface area contributed by atoms with Crippen LogP contribution < -0.4 is 10.1 Å². The minimum atomic E-state index is -0.265. The molecule has 1 fully saturated rings. The molecule has 22 heavy (non-hydrogen) atoms. The maximum Gasteiger partial charge on any atom is 0.323 e. The number of hydrogen-bond acceptors (Lipinski definition) is 4. The second-order valence-corrected chi connectivity index (χ2v) is 5.35. The fraction of sp³-hybridized carbons (Fsp3) is 0.278. The Hall–Kier alpha value is -2.33. The van der Waals surface area contributed by atoms with Crippen LogP contribution in [0.3, 0.4) is 0 Å². The standard InChI is InChI=1S/C18H19NO3/c1-21-18(20)17-11-16(12-19-17)22-15-9-7-14(8-10-15)13-5-3-2-4-6-13/h2-10,16-17,19H,11-12H2,1H3. The largest absolute Gasteiger partial charge is 0.489 e. The van der Waals surface area contributed by atoms with Crippen molar-refractivity contribution in [3.8, 4) is 16.9 Å². The number of esters is 1. The molecule has 1 aliphatic rings. The van der Waals surface area contributed by atoms with E-state index >= 15 is 0 Å². The lowest BCUT2D eigenvalue weighted by molar-refractivity contribution is -0.142. The van der Waals surface area contributed by atoms with E-state index in [0.29, 0.717) is 13.0 Å². The van der Waals surface area contributed by atoms with Gasteiger partial charge in [0.1, 0.15) is 17.9 Å². The van der Waals surface area contributed by atoms with Crippen molar-refractivity contribution in [3.63, 3.8) is 0 Å². The van der Waals surface area contributed by atoms with Gasteiger partial charge in [-0.15, -0.1) is 0 Å². The molecule has 0 bridgehead atoms. The highest BCUT2D eigenvalue weighted by Gasteiger charge is 2.31. The fourth-order valence-corrected chi connectivity index (χ4v) is 2.66. The quantitative estimate of drug-likeness (QED) is 0.881. The predicted molar refractivity (Wildman–Crippen MR) is 84.7 cm³/mol. The Bertz CT molecular complexity index is 625. The van der Waals surface area contributed by atoms with Crippen molar-refractivity contribution >= 4 is 5.97 Å². The summed E-state index contributed by atoms with van der Waals surface area (Å²) in [5, 5.41) is 3.12. The van der Waals surface area contributed by atoms with Gasteiger partial charge in [-0.2, -0.15) is 0 Å². The normalized spacial score (nSPS) is 20.6. The molecule has 0 radical (unpaired) electrons. The zero-order valence-electron chi connectivity index (χ0n) is 12.5. The van der Waals surface area contributed by atoms with Gasteiger partial charge in [0.25, 0.3) is 0 Å². The number of hydrogen-bond donors (Lipinski definition) is 1. The summed E-state index contributed by atoms with van der Waals surface area (Å²) in [7, 11) is 1.40. The molecule has 114 valence electrons. The maximum absolute atomic E-state index is 11.5. The molecule has 1 aliphatic heterocycles. The van der Waals surface area contributed by atoms with Gasteiger partial charge in [0, 0.05) is 13.0 Å².